The first-order chi connectivity index (χ1) is 12.6. The van der Waals surface area contributed by atoms with Crippen molar-refractivity contribution in [2.75, 3.05) is 4.72 Å². The van der Waals surface area contributed by atoms with Crippen molar-refractivity contribution in [3.63, 3.8) is 0 Å². The molecule has 0 aliphatic rings. The highest BCUT2D eigenvalue weighted by molar-refractivity contribution is 7.92. The summed E-state index contributed by atoms with van der Waals surface area (Å²) in [6.07, 6.45) is -4.87. The Labute approximate surface area is 151 Å². The van der Waals surface area contributed by atoms with E-state index in [2.05, 4.69) is 14.6 Å². The summed E-state index contributed by atoms with van der Waals surface area (Å²) in [5, 5.41) is 5.77. The number of aromatic nitrogens is 2. The lowest BCUT2D eigenvalue weighted by Gasteiger charge is -2.08. The largest absolute Gasteiger partial charge is 0.470 e. The van der Waals surface area contributed by atoms with Gasteiger partial charge in [-0.15, -0.1) is 5.10 Å². The molecule has 0 saturated heterocycles. The molecule has 0 unspecified atom stereocenters. The standard InChI is InChI=1S/C16H12F3N3O4S/c1-10-3-2-4-12(9-10)25-11-5-7-13(8-6-11)27(23,24)22-15-21-20-14(26-15)16(17,18)19/h2-9H,1H3,(H,21,22). The zero-order chi connectivity index (χ0) is 19.7. The summed E-state index contributed by atoms with van der Waals surface area (Å²) in [4.78, 5) is -0.217. The van der Waals surface area contributed by atoms with Crippen molar-refractivity contribution in [3.05, 3.63) is 60.0 Å². The highest BCUT2D eigenvalue weighted by Gasteiger charge is 2.38. The van der Waals surface area contributed by atoms with E-state index in [1.54, 1.807) is 16.9 Å². The van der Waals surface area contributed by atoms with E-state index in [1.807, 2.05) is 19.1 Å². The number of ether oxygens (including phenoxy) is 1. The number of benzene rings is 2. The first kappa shape index (κ1) is 18.7. The number of hydrogen-bond donors (Lipinski definition) is 1. The van der Waals surface area contributed by atoms with Crippen molar-refractivity contribution in [2.45, 2.75) is 18.0 Å². The van der Waals surface area contributed by atoms with Gasteiger partial charge in [0.05, 0.1) is 4.90 Å². The van der Waals surface area contributed by atoms with Crippen molar-refractivity contribution in [2.24, 2.45) is 0 Å². The van der Waals surface area contributed by atoms with E-state index in [9.17, 15) is 21.6 Å². The molecule has 1 heterocycles. The van der Waals surface area contributed by atoms with Gasteiger partial charge in [-0.25, -0.2) is 13.1 Å². The molecule has 142 valence electrons. The van der Waals surface area contributed by atoms with Gasteiger partial charge in [0.15, 0.2) is 0 Å². The lowest BCUT2D eigenvalue weighted by Crippen LogP contribution is -2.13. The van der Waals surface area contributed by atoms with Crippen LogP contribution in [-0.4, -0.2) is 18.6 Å². The van der Waals surface area contributed by atoms with Crippen LogP contribution in [0.15, 0.2) is 57.8 Å². The molecule has 0 atom stereocenters. The number of alkyl halides is 3. The van der Waals surface area contributed by atoms with Crippen LogP contribution in [0.4, 0.5) is 19.2 Å². The number of anilines is 1. The van der Waals surface area contributed by atoms with Gasteiger partial charge in [-0.05, 0) is 48.9 Å². The molecule has 0 aliphatic heterocycles. The van der Waals surface area contributed by atoms with E-state index in [1.165, 1.54) is 24.3 Å². The van der Waals surface area contributed by atoms with E-state index < -0.39 is 28.1 Å². The highest BCUT2D eigenvalue weighted by Crippen LogP contribution is 2.29. The summed E-state index contributed by atoms with van der Waals surface area (Å²) in [6, 6.07) is 11.7. The molecule has 0 aliphatic carbocycles. The number of sulfonamides is 1. The smallest absolute Gasteiger partial charge is 0.457 e. The highest BCUT2D eigenvalue weighted by atomic mass is 32.2. The number of halogens is 3. The molecule has 0 radical (unpaired) electrons. The first-order valence-corrected chi connectivity index (χ1v) is 8.90. The zero-order valence-electron chi connectivity index (χ0n) is 13.7. The summed E-state index contributed by atoms with van der Waals surface area (Å²) in [7, 11) is -4.21. The Hall–Kier alpha value is -3.08. The van der Waals surface area contributed by atoms with Crippen LogP contribution in [0.2, 0.25) is 0 Å². The minimum absolute atomic E-state index is 0.217. The number of nitrogens with zero attached hydrogens (tertiary/aromatic N) is 2. The molecule has 0 amide bonds. The molecule has 0 saturated carbocycles. The van der Waals surface area contributed by atoms with Gasteiger partial charge >= 0.3 is 18.1 Å². The number of aryl methyl sites for hydroxylation is 1. The number of nitrogens with one attached hydrogen (secondary N) is 1. The van der Waals surface area contributed by atoms with Crippen LogP contribution in [0.1, 0.15) is 11.5 Å². The minimum Gasteiger partial charge on any atom is -0.457 e. The van der Waals surface area contributed by atoms with Gasteiger partial charge in [-0.3, -0.25) is 0 Å². The fourth-order valence-corrected chi connectivity index (χ4v) is 2.98. The molecule has 11 heteroatoms. The normalized spacial score (nSPS) is 12.0. The molecule has 2 aromatic carbocycles. The van der Waals surface area contributed by atoms with Crippen molar-refractivity contribution >= 4 is 16.0 Å². The van der Waals surface area contributed by atoms with Crippen molar-refractivity contribution < 1.29 is 30.7 Å². The molecule has 27 heavy (non-hydrogen) atoms. The first-order valence-electron chi connectivity index (χ1n) is 7.41. The predicted molar refractivity (Wildman–Crippen MR) is 87.8 cm³/mol. The molecular formula is C16H12F3N3O4S. The van der Waals surface area contributed by atoms with E-state index in [0.717, 1.165) is 5.56 Å². The zero-order valence-corrected chi connectivity index (χ0v) is 14.5. The molecule has 0 bridgehead atoms. The second-order valence-corrected chi connectivity index (χ2v) is 7.09. The Morgan fingerprint density at radius 2 is 1.74 bits per heavy atom. The van der Waals surface area contributed by atoms with Crippen LogP contribution in [-0.2, 0) is 16.2 Å². The second-order valence-electron chi connectivity index (χ2n) is 5.41. The molecule has 0 fully saturated rings. The topological polar surface area (TPSA) is 94.3 Å². The van der Waals surface area contributed by atoms with Crippen LogP contribution in [0, 0.1) is 6.92 Å². The Balaban J connectivity index is 1.74. The van der Waals surface area contributed by atoms with Gasteiger partial charge in [0.2, 0.25) is 0 Å². The lowest BCUT2D eigenvalue weighted by atomic mass is 10.2. The van der Waals surface area contributed by atoms with Crippen molar-refractivity contribution in [1.29, 1.82) is 0 Å². The Kier molecular flexibility index (Phi) is 4.79. The second kappa shape index (κ2) is 6.91. The van der Waals surface area contributed by atoms with Gasteiger partial charge in [0, 0.05) is 0 Å². The Morgan fingerprint density at radius 3 is 2.33 bits per heavy atom. The van der Waals surface area contributed by atoms with Crippen LogP contribution < -0.4 is 9.46 Å². The average molecular weight is 399 g/mol. The third-order valence-corrected chi connectivity index (χ3v) is 4.58. The molecular weight excluding hydrogens is 387 g/mol. The lowest BCUT2D eigenvalue weighted by molar-refractivity contribution is -0.156. The quantitative estimate of drug-likeness (QED) is 0.697. The monoisotopic (exact) mass is 399 g/mol. The number of rotatable bonds is 5. The van der Waals surface area contributed by atoms with E-state index in [4.69, 9.17) is 4.74 Å². The van der Waals surface area contributed by atoms with Gasteiger partial charge in [-0.2, -0.15) is 13.2 Å². The van der Waals surface area contributed by atoms with Gasteiger partial charge in [0.1, 0.15) is 11.5 Å². The number of hydrogen-bond acceptors (Lipinski definition) is 6. The van der Waals surface area contributed by atoms with Crippen molar-refractivity contribution in [3.8, 4) is 11.5 Å². The fourth-order valence-electron chi connectivity index (χ4n) is 2.05. The fraction of sp³-hybridized carbons (Fsp3) is 0.125. The maximum absolute atomic E-state index is 12.4. The van der Waals surface area contributed by atoms with Crippen molar-refractivity contribution in [1.82, 2.24) is 10.2 Å². The Bertz CT molecular complexity index is 1050. The predicted octanol–water partition coefficient (Wildman–Crippen LogP) is 3.99. The van der Waals surface area contributed by atoms with Crippen LogP contribution in [0.25, 0.3) is 0 Å². The molecule has 3 aromatic rings. The summed E-state index contributed by atoms with van der Waals surface area (Å²) in [6.45, 7) is 1.90. The molecule has 1 N–H and O–H groups in total. The molecule has 1 aromatic heterocycles. The maximum Gasteiger partial charge on any atom is 0.470 e. The molecule has 3 rings (SSSR count). The van der Waals surface area contributed by atoms with Crippen LogP contribution in [0.5, 0.6) is 11.5 Å². The summed E-state index contributed by atoms with van der Waals surface area (Å²) in [5.74, 6) is -0.687. The average Bonchev–Trinajstić information content (AvgIpc) is 3.03. The van der Waals surface area contributed by atoms with E-state index >= 15 is 0 Å². The Morgan fingerprint density at radius 1 is 1.04 bits per heavy atom. The minimum atomic E-state index is -4.87. The van der Waals surface area contributed by atoms with Gasteiger partial charge < -0.3 is 9.15 Å². The molecule has 7 nitrogen and oxygen atoms in total. The maximum atomic E-state index is 12.4. The van der Waals surface area contributed by atoms with E-state index in [-0.39, 0.29) is 4.90 Å². The third kappa shape index (κ3) is 4.56. The van der Waals surface area contributed by atoms with Gasteiger partial charge in [-0.1, -0.05) is 17.2 Å². The summed E-state index contributed by atoms with van der Waals surface area (Å²) in [5.41, 5.74) is 0.994. The summed E-state index contributed by atoms with van der Waals surface area (Å²) < 4.78 is 73.3. The van der Waals surface area contributed by atoms with Crippen LogP contribution >= 0.6 is 0 Å². The summed E-state index contributed by atoms with van der Waals surface area (Å²) >= 11 is 0. The van der Waals surface area contributed by atoms with Gasteiger partial charge in [0.25, 0.3) is 10.0 Å². The van der Waals surface area contributed by atoms with E-state index in [0.29, 0.717) is 11.5 Å². The SMILES string of the molecule is Cc1cccc(Oc2ccc(S(=O)(=O)Nc3nnc(C(F)(F)F)o3)cc2)c1. The van der Waals surface area contributed by atoms with Crippen LogP contribution in [0.3, 0.4) is 0 Å². The molecule has 0 spiro atoms. The third-order valence-electron chi connectivity index (χ3n) is 3.25.